The summed E-state index contributed by atoms with van der Waals surface area (Å²) in [6.45, 7) is 8.46. The Bertz CT molecular complexity index is 686. The molecule has 1 atom stereocenters. The van der Waals surface area contributed by atoms with E-state index in [9.17, 15) is 14.7 Å². The molecule has 2 aliphatic rings. The molecular formula is C22H33N3O3. The molecule has 1 aromatic rings. The summed E-state index contributed by atoms with van der Waals surface area (Å²) < 4.78 is 0. The second-order valence-corrected chi connectivity index (χ2v) is 8.81. The van der Waals surface area contributed by atoms with Gasteiger partial charge in [-0.25, -0.2) is 4.79 Å². The number of hydrogen-bond acceptors (Lipinski definition) is 3. The van der Waals surface area contributed by atoms with Crippen LogP contribution in [0.25, 0.3) is 0 Å². The number of carbonyl (C=O) groups excluding carboxylic acids is 1. The van der Waals surface area contributed by atoms with Crippen LogP contribution < -0.4 is 5.32 Å². The zero-order valence-electron chi connectivity index (χ0n) is 17.1. The minimum absolute atomic E-state index is 0.121. The molecule has 2 saturated heterocycles. The first-order valence-corrected chi connectivity index (χ1v) is 10.4. The summed E-state index contributed by atoms with van der Waals surface area (Å²) in [7, 11) is 0. The standard InChI is InChI=1S/C22H33N3O3/c1-3-22(10-12-24(13-11-22)15-18-7-5-4-6-8-18)16-23-20(28)25-14-9-21(2,17-25)19(26)27/h4-8H,3,9-17H2,1-2H3,(H,23,28)(H,26,27). The Balaban J connectivity index is 1.48. The summed E-state index contributed by atoms with van der Waals surface area (Å²) in [4.78, 5) is 28.1. The Hall–Kier alpha value is -2.08. The normalized spacial score (nSPS) is 24.9. The number of aliphatic carboxylic acids is 1. The maximum Gasteiger partial charge on any atom is 0.317 e. The van der Waals surface area contributed by atoms with Gasteiger partial charge in [-0.2, -0.15) is 0 Å². The highest BCUT2D eigenvalue weighted by molar-refractivity contribution is 5.79. The Labute approximate surface area is 167 Å². The van der Waals surface area contributed by atoms with Crippen molar-refractivity contribution in [3.63, 3.8) is 0 Å². The van der Waals surface area contributed by atoms with Gasteiger partial charge < -0.3 is 15.3 Å². The van der Waals surface area contributed by atoms with E-state index in [4.69, 9.17) is 0 Å². The van der Waals surface area contributed by atoms with Gasteiger partial charge in [-0.1, -0.05) is 37.3 Å². The van der Waals surface area contributed by atoms with Crippen LogP contribution in [0.1, 0.15) is 45.1 Å². The van der Waals surface area contributed by atoms with Crippen LogP contribution in [0.3, 0.4) is 0 Å². The number of nitrogens with one attached hydrogen (secondary N) is 1. The van der Waals surface area contributed by atoms with E-state index in [-0.39, 0.29) is 18.0 Å². The lowest BCUT2D eigenvalue weighted by atomic mass is 9.76. The van der Waals surface area contributed by atoms with E-state index >= 15 is 0 Å². The highest BCUT2D eigenvalue weighted by Gasteiger charge is 2.42. The Morgan fingerprint density at radius 2 is 1.79 bits per heavy atom. The average molecular weight is 388 g/mol. The van der Waals surface area contributed by atoms with E-state index < -0.39 is 11.4 Å². The molecule has 6 heteroatoms. The number of rotatable bonds is 6. The van der Waals surface area contributed by atoms with Gasteiger partial charge in [0, 0.05) is 26.2 Å². The summed E-state index contributed by atoms with van der Waals surface area (Å²) in [5.41, 5.74) is 0.664. The van der Waals surface area contributed by atoms with E-state index in [1.165, 1.54) is 5.56 Å². The fourth-order valence-electron chi connectivity index (χ4n) is 4.37. The minimum Gasteiger partial charge on any atom is -0.481 e. The van der Waals surface area contributed by atoms with E-state index in [1.54, 1.807) is 11.8 Å². The predicted molar refractivity (Wildman–Crippen MR) is 109 cm³/mol. The van der Waals surface area contributed by atoms with Crippen LogP contribution >= 0.6 is 0 Å². The molecule has 2 N–H and O–H groups in total. The third kappa shape index (κ3) is 4.66. The summed E-state index contributed by atoms with van der Waals surface area (Å²) >= 11 is 0. The van der Waals surface area contributed by atoms with Gasteiger partial charge in [0.2, 0.25) is 0 Å². The molecule has 1 aromatic carbocycles. The number of urea groups is 1. The molecule has 2 heterocycles. The van der Waals surface area contributed by atoms with Crippen LogP contribution in [0.15, 0.2) is 30.3 Å². The van der Waals surface area contributed by atoms with E-state index in [0.29, 0.717) is 19.5 Å². The van der Waals surface area contributed by atoms with Gasteiger partial charge >= 0.3 is 12.0 Å². The third-order valence-electron chi connectivity index (χ3n) is 6.81. The SMILES string of the molecule is CCC1(CNC(=O)N2CCC(C)(C(=O)O)C2)CCN(Cc2ccccc2)CC1. The highest BCUT2D eigenvalue weighted by Crippen LogP contribution is 2.35. The number of carboxylic acid groups (broad SMARTS) is 1. The quantitative estimate of drug-likeness (QED) is 0.786. The molecule has 2 fully saturated rings. The Kier molecular flexibility index (Phi) is 6.28. The molecule has 0 radical (unpaired) electrons. The molecule has 154 valence electrons. The number of nitrogens with zero attached hydrogens (tertiary/aromatic N) is 2. The van der Waals surface area contributed by atoms with Gasteiger partial charge in [0.25, 0.3) is 0 Å². The van der Waals surface area contributed by atoms with Crippen molar-refractivity contribution in [3.8, 4) is 0 Å². The van der Waals surface area contributed by atoms with Crippen LogP contribution in [0.5, 0.6) is 0 Å². The number of carboxylic acids is 1. The number of hydrogen-bond donors (Lipinski definition) is 2. The minimum atomic E-state index is -0.821. The summed E-state index contributed by atoms with van der Waals surface area (Å²) in [5, 5.41) is 12.5. The molecule has 2 amide bonds. The first-order chi connectivity index (χ1) is 13.4. The molecular weight excluding hydrogens is 354 g/mol. The van der Waals surface area contributed by atoms with Crippen LogP contribution in [0.4, 0.5) is 4.79 Å². The van der Waals surface area contributed by atoms with Crippen molar-refractivity contribution in [2.75, 3.05) is 32.7 Å². The lowest BCUT2D eigenvalue weighted by Gasteiger charge is -2.42. The molecule has 28 heavy (non-hydrogen) atoms. The maximum atomic E-state index is 12.6. The van der Waals surface area contributed by atoms with Crippen molar-refractivity contribution in [1.29, 1.82) is 0 Å². The molecule has 6 nitrogen and oxygen atoms in total. The number of carbonyl (C=O) groups is 2. The third-order valence-corrected chi connectivity index (χ3v) is 6.81. The first-order valence-electron chi connectivity index (χ1n) is 10.4. The van der Waals surface area contributed by atoms with Crippen molar-refractivity contribution in [3.05, 3.63) is 35.9 Å². The maximum absolute atomic E-state index is 12.6. The average Bonchev–Trinajstić information content (AvgIpc) is 3.12. The van der Waals surface area contributed by atoms with Crippen molar-refractivity contribution >= 4 is 12.0 Å². The summed E-state index contributed by atoms with van der Waals surface area (Å²) in [6, 6.07) is 10.4. The largest absolute Gasteiger partial charge is 0.481 e. The van der Waals surface area contributed by atoms with E-state index in [2.05, 4.69) is 41.4 Å². The summed E-state index contributed by atoms with van der Waals surface area (Å²) in [5.74, 6) is -0.821. The van der Waals surface area contributed by atoms with E-state index in [0.717, 1.165) is 38.9 Å². The Morgan fingerprint density at radius 1 is 1.11 bits per heavy atom. The number of likely N-dealkylation sites (tertiary alicyclic amines) is 2. The second kappa shape index (κ2) is 8.52. The van der Waals surface area contributed by atoms with Gasteiger partial charge in [0.15, 0.2) is 0 Å². The number of benzene rings is 1. The van der Waals surface area contributed by atoms with Gasteiger partial charge in [0.1, 0.15) is 0 Å². The number of piperidine rings is 1. The smallest absolute Gasteiger partial charge is 0.317 e. The predicted octanol–water partition coefficient (Wildman–Crippen LogP) is 3.19. The Morgan fingerprint density at radius 3 is 2.36 bits per heavy atom. The van der Waals surface area contributed by atoms with Crippen molar-refractivity contribution in [2.24, 2.45) is 10.8 Å². The first kappa shape index (κ1) is 20.6. The van der Waals surface area contributed by atoms with Crippen molar-refractivity contribution in [2.45, 2.75) is 46.1 Å². The molecule has 0 saturated carbocycles. The van der Waals surface area contributed by atoms with Crippen LogP contribution in [-0.4, -0.2) is 59.6 Å². The van der Waals surface area contributed by atoms with E-state index in [1.807, 2.05) is 6.07 Å². The van der Waals surface area contributed by atoms with Crippen molar-refractivity contribution in [1.82, 2.24) is 15.1 Å². The topological polar surface area (TPSA) is 72.9 Å². The fourth-order valence-corrected chi connectivity index (χ4v) is 4.37. The highest BCUT2D eigenvalue weighted by atomic mass is 16.4. The van der Waals surface area contributed by atoms with Crippen LogP contribution in [-0.2, 0) is 11.3 Å². The second-order valence-electron chi connectivity index (χ2n) is 8.81. The molecule has 0 aromatic heterocycles. The molecule has 0 aliphatic carbocycles. The summed E-state index contributed by atoms with van der Waals surface area (Å²) in [6.07, 6.45) is 3.70. The molecule has 3 rings (SSSR count). The molecule has 0 spiro atoms. The zero-order chi connectivity index (χ0) is 20.2. The monoisotopic (exact) mass is 387 g/mol. The molecule has 2 aliphatic heterocycles. The lowest BCUT2D eigenvalue weighted by molar-refractivity contribution is -0.147. The van der Waals surface area contributed by atoms with Crippen LogP contribution in [0, 0.1) is 10.8 Å². The molecule has 0 bridgehead atoms. The van der Waals surface area contributed by atoms with Gasteiger partial charge in [-0.05, 0) is 56.7 Å². The molecule has 1 unspecified atom stereocenters. The van der Waals surface area contributed by atoms with Gasteiger partial charge in [-0.15, -0.1) is 0 Å². The van der Waals surface area contributed by atoms with Crippen LogP contribution in [0.2, 0.25) is 0 Å². The van der Waals surface area contributed by atoms with Crippen molar-refractivity contribution < 1.29 is 14.7 Å². The fraction of sp³-hybridized carbons (Fsp3) is 0.636. The lowest BCUT2D eigenvalue weighted by Crippen LogP contribution is -2.48. The number of amides is 2. The van der Waals surface area contributed by atoms with Gasteiger partial charge in [-0.3, -0.25) is 9.69 Å². The zero-order valence-corrected chi connectivity index (χ0v) is 17.1. The van der Waals surface area contributed by atoms with Gasteiger partial charge in [0.05, 0.1) is 5.41 Å².